The summed E-state index contributed by atoms with van der Waals surface area (Å²) in [5, 5.41) is 20.1. The van der Waals surface area contributed by atoms with Crippen molar-refractivity contribution in [2.24, 2.45) is 0 Å². The fraction of sp³-hybridized carbons (Fsp3) is 0.667. The predicted octanol–water partition coefficient (Wildman–Crippen LogP) is 1.58. The maximum absolute atomic E-state index is 11.4. The number of fused-ring (bicyclic) bond motifs is 3. The highest BCUT2D eigenvalue weighted by atomic mass is 16.6. The van der Waals surface area contributed by atoms with Crippen molar-refractivity contribution in [2.75, 3.05) is 26.3 Å². The second-order valence-electron chi connectivity index (χ2n) is 7.49. The largest absolute Gasteiger partial charge is 0.486 e. The normalized spacial score (nSPS) is 29.6. The van der Waals surface area contributed by atoms with E-state index < -0.39 is 5.60 Å². The molecule has 25 heavy (non-hydrogen) atoms. The average molecular weight is 344 g/mol. The second-order valence-corrected chi connectivity index (χ2v) is 7.49. The first-order valence-corrected chi connectivity index (χ1v) is 9.32. The van der Waals surface area contributed by atoms with Gasteiger partial charge < -0.3 is 14.6 Å². The summed E-state index contributed by atoms with van der Waals surface area (Å²) >= 11 is 0. The second kappa shape index (κ2) is 5.85. The number of nitrogens with zero attached hydrogens (tertiary/aromatic N) is 4. The van der Waals surface area contributed by atoms with Gasteiger partial charge in [0.1, 0.15) is 18.7 Å². The number of benzene rings is 1. The van der Waals surface area contributed by atoms with E-state index in [0.717, 1.165) is 54.9 Å². The van der Waals surface area contributed by atoms with E-state index in [1.54, 1.807) is 0 Å². The summed E-state index contributed by atoms with van der Waals surface area (Å²) in [5.41, 5.74) is 0.932. The quantitative estimate of drug-likeness (QED) is 0.892. The van der Waals surface area contributed by atoms with Gasteiger partial charge in [-0.15, -0.1) is 5.10 Å². The maximum Gasteiger partial charge on any atom is 0.163 e. The molecular formula is C18H24N4O3. The zero-order valence-corrected chi connectivity index (χ0v) is 14.4. The summed E-state index contributed by atoms with van der Waals surface area (Å²) in [6.07, 6.45) is 5.35. The summed E-state index contributed by atoms with van der Waals surface area (Å²) in [6.45, 7) is 3.79. The third-order valence-electron chi connectivity index (χ3n) is 5.89. The van der Waals surface area contributed by atoms with E-state index in [-0.39, 0.29) is 6.04 Å². The monoisotopic (exact) mass is 344 g/mol. The molecule has 2 fully saturated rings. The molecule has 0 spiro atoms. The predicted molar refractivity (Wildman–Crippen MR) is 91.9 cm³/mol. The lowest BCUT2D eigenvalue weighted by molar-refractivity contribution is -0.104. The number of rotatable bonds is 2. The average Bonchev–Trinajstić information content (AvgIpc) is 3.02. The third kappa shape index (κ3) is 2.57. The summed E-state index contributed by atoms with van der Waals surface area (Å²) in [4.78, 5) is 2.46. The van der Waals surface area contributed by atoms with Gasteiger partial charge in [0, 0.05) is 18.2 Å². The van der Waals surface area contributed by atoms with E-state index in [2.05, 4.69) is 15.2 Å². The highest BCUT2D eigenvalue weighted by Gasteiger charge is 2.44. The maximum atomic E-state index is 11.4. The number of aromatic nitrogens is 3. The van der Waals surface area contributed by atoms with Gasteiger partial charge in [-0.3, -0.25) is 4.90 Å². The van der Waals surface area contributed by atoms with Crippen molar-refractivity contribution in [1.29, 1.82) is 0 Å². The molecule has 0 unspecified atom stereocenters. The molecule has 1 aromatic heterocycles. The zero-order chi connectivity index (χ0) is 16.9. The molecule has 5 rings (SSSR count). The minimum Gasteiger partial charge on any atom is -0.486 e. The first-order valence-electron chi connectivity index (χ1n) is 9.32. The Bertz CT molecular complexity index is 790. The Kier molecular flexibility index (Phi) is 3.60. The minimum absolute atomic E-state index is 0.228. The minimum atomic E-state index is -0.743. The number of piperidine rings is 2. The van der Waals surface area contributed by atoms with E-state index in [9.17, 15) is 5.11 Å². The van der Waals surface area contributed by atoms with Crippen LogP contribution in [-0.4, -0.2) is 62.9 Å². The lowest BCUT2D eigenvalue weighted by Gasteiger charge is -2.49. The standard InChI is InChI=1S/C18H24N4O3/c23-18(5-3-7-21-6-2-1-4-17(18)21)12-22-14-11-16-15(24-8-9-25-16)10-13(14)19-20-22/h10-11,17,23H,1-9,12H2/t17-,18-/m1/s1. The Morgan fingerprint density at radius 1 is 1.12 bits per heavy atom. The van der Waals surface area contributed by atoms with Gasteiger partial charge in [-0.25, -0.2) is 4.68 Å². The summed E-state index contributed by atoms with van der Waals surface area (Å²) in [5.74, 6) is 1.46. The van der Waals surface area contributed by atoms with Crippen molar-refractivity contribution in [3.05, 3.63) is 12.1 Å². The van der Waals surface area contributed by atoms with Crippen LogP contribution in [0.25, 0.3) is 11.0 Å². The molecule has 2 atom stereocenters. The molecular weight excluding hydrogens is 320 g/mol. The van der Waals surface area contributed by atoms with E-state index in [1.165, 1.54) is 12.8 Å². The highest BCUT2D eigenvalue weighted by molar-refractivity contribution is 5.79. The molecule has 2 aromatic rings. The molecule has 7 nitrogen and oxygen atoms in total. The van der Waals surface area contributed by atoms with Crippen molar-refractivity contribution in [3.8, 4) is 11.5 Å². The topological polar surface area (TPSA) is 72.6 Å². The van der Waals surface area contributed by atoms with Gasteiger partial charge in [0.25, 0.3) is 0 Å². The molecule has 1 N–H and O–H groups in total. The molecule has 3 aliphatic rings. The number of hydrogen-bond acceptors (Lipinski definition) is 6. The highest BCUT2D eigenvalue weighted by Crippen LogP contribution is 2.37. The van der Waals surface area contributed by atoms with Crippen LogP contribution >= 0.6 is 0 Å². The van der Waals surface area contributed by atoms with E-state index in [1.807, 2.05) is 16.8 Å². The van der Waals surface area contributed by atoms with Gasteiger partial charge >= 0.3 is 0 Å². The molecule has 134 valence electrons. The van der Waals surface area contributed by atoms with Crippen LogP contribution in [0.1, 0.15) is 32.1 Å². The molecule has 2 saturated heterocycles. The Balaban J connectivity index is 1.48. The molecule has 4 heterocycles. The van der Waals surface area contributed by atoms with Gasteiger partial charge in [0.2, 0.25) is 0 Å². The molecule has 7 heteroatoms. The fourth-order valence-corrected chi connectivity index (χ4v) is 4.69. The fourth-order valence-electron chi connectivity index (χ4n) is 4.69. The van der Waals surface area contributed by atoms with Gasteiger partial charge in [-0.2, -0.15) is 0 Å². The lowest BCUT2D eigenvalue weighted by atomic mass is 9.79. The van der Waals surface area contributed by atoms with Crippen molar-refractivity contribution < 1.29 is 14.6 Å². The SMILES string of the molecule is O[C@@]1(Cn2nnc3cc4c(cc32)OCCO4)CCCN2CCCC[C@@H]21. The number of ether oxygens (including phenoxy) is 2. The molecule has 0 amide bonds. The van der Waals surface area contributed by atoms with Crippen molar-refractivity contribution in [3.63, 3.8) is 0 Å². The van der Waals surface area contributed by atoms with E-state index in [0.29, 0.717) is 19.8 Å². The Labute approximate surface area is 146 Å². The molecule has 0 saturated carbocycles. The van der Waals surface area contributed by atoms with Gasteiger partial charge in [-0.1, -0.05) is 11.6 Å². The van der Waals surface area contributed by atoms with Crippen LogP contribution in [0, 0.1) is 0 Å². The van der Waals surface area contributed by atoms with E-state index in [4.69, 9.17) is 9.47 Å². The number of hydrogen-bond donors (Lipinski definition) is 1. The van der Waals surface area contributed by atoms with Crippen LogP contribution in [0.4, 0.5) is 0 Å². The Morgan fingerprint density at radius 3 is 2.80 bits per heavy atom. The van der Waals surface area contributed by atoms with Crippen LogP contribution in [0.5, 0.6) is 11.5 Å². The third-order valence-corrected chi connectivity index (χ3v) is 5.89. The van der Waals surface area contributed by atoms with Crippen molar-refractivity contribution in [2.45, 2.75) is 50.3 Å². The molecule has 3 aliphatic heterocycles. The molecule has 0 bridgehead atoms. The first-order chi connectivity index (χ1) is 12.2. The van der Waals surface area contributed by atoms with Crippen molar-refractivity contribution in [1.82, 2.24) is 19.9 Å². The van der Waals surface area contributed by atoms with Crippen LogP contribution in [-0.2, 0) is 6.54 Å². The Hall–Kier alpha value is -1.86. The summed E-state index contributed by atoms with van der Waals surface area (Å²) in [6, 6.07) is 4.05. The van der Waals surface area contributed by atoms with Crippen LogP contribution in [0.2, 0.25) is 0 Å². The van der Waals surface area contributed by atoms with Gasteiger partial charge in [0.05, 0.1) is 17.7 Å². The molecule has 0 aliphatic carbocycles. The molecule has 0 radical (unpaired) electrons. The van der Waals surface area contributed by atoms with Crippen LogP contribution < -0.4 is 9.47 Å². The van der Waals surface area contributed by atoms with Crippen LogP contribution in [0.3, 0.4) is 0 Å². The molecule has 1 aromatic carbocycles. The zero-order valence-electron chi connectivity index (χ0n) is 14.4. The van der Waals surface area contributed by atoms with E-state index >= 15 is 0 Å². The van der Waals surface area contributed by atoms with Gasteiger partial charge in [-0.05, 0) is 38.8 Å². The van der Waals surface area contributed by atoms with Gasteiger partial charge in [0.15, 0.2) is 11.5 Å². The smallest absolute Gasteiger partial charge is 0.163 e. The van der Waals surface area contributed by atoms with Crippen LogP contribution in [0.15, 0.2) is 12.1 Å². The van der Waals surface area contributed by atoms with Crippen molar-refractivity contribution >= 4 is 11.0 Å². The summed E-state index contributed by atoms with van der Waals surface area (Å²) < 4.78 is 13.2. The lowest BCUT2D eigenvalue weighted by Crippen LogP contribution is -2.60. The Morgan fingerprint density at radius 2 is 1.92 bits per heavy atom. The number of aliphatic hydroxyl groups is 1. The first kappa shape index (κ1) is 15.4. The summed E-state index contributed by atoms with van der Waals surface area (Å²) in [7, 11) is 0.